The fraction of sp³-hybridized carbons (Fsp3) is 0.0385. The third-order valence-corrected chi connectivity index (χ3v) is 5.89. The molecule has 31 heavy (non-hydrogen) atoms. The number of benzene rings is 4. The van der Waals surface area contributed by atoms with Crippen molar-refractivity contribution in [3.05, 3.63) is 113 Å². The number of imidazole rings is 1. The van der Waals surface area contributed by atoms with E-state index in [0.717, 1.165) is 26.6 Å². The van der Waals surface area contributed by atoms with Crippen LogP contribution in [0.5, 0.6) is 11.5 Å². The van der Waals surface area contributed by atoms with Gasteiger partial charge in [0.2, 0.25) is 0 Å². The fourth-order valence-electron chi connectivity index (χ4n) is 4.01. The highest BCUT2D eigenvalue weighted by molar-refractivity contribution is 9.10. The second-order valence-electron chi connectivity index (χ2n) is 7.33. The number of phenols is 2. The maximum atomic E-state index is 10.8. The molecule has 1 atom stereocenters. The summed E-state index contributed by atoms with van der Waals surface area (Å²) in [6, 6.07) is 30.2. The second kappa shape index (κ2) is 7.93. The van der Waals surface area contributed by atoms with Gasteiger partial charge < -0.3 is 14.8 Å². The van der Waals surface area contributed by atoms with E-state index in [1.807, 2.05) is 78.9 Å². The van der Waals surface area contributed by atoms with Crippen molar-refractivity contribution >= 4 is 27.0 Å². The van der Waals surface area contributed by atoms with E-state index in [0.29, 0.717) is 11.4 Å². The number of rotatable bonds is 4. The summed E-state index contributed by atoms with van der Waals surface area (Å²) >= 11 is 3.55. The fourth-order valence-corrected chi connectivity index (χ4v) is 4.38. The molecule has 152 valence electrons. The van der Waals surface area contributed by atoms with Crippen LogP contribution >= 0.6 is 15.9 Å². The number of halogens is 1. The van der Waals surface area contributed by atoms with E-state index < -0.39 is 0 Å². The number of para-hydroxylation sites is 3. The Kier molecular flexibility index (Phi) is 4.96. The Labute approximate surface area is 188 Å². The van der Waals surface area contributed by atoms with Gasteiger partial charge in [0, 0.05) is 10.0 Å². The molecule has 4 nitrogen and oxygen atoms in total. The Morgan fingerprint density at radius 2 is 1.45 bits per heavy atom. The molecule has 0 saturated carbocycles. The third kappa shape index (κ3) is 3.47. The second-order valence-corrected chi connectivity index (χ2v) is 8.24. The summed E-state index contributed by atoms with van der Waals surface area (Å²) in [5.41, 5.74) is 4.09. The van der Waals surface area contributed by atoms with Crippen molar-refractivity contribution in [2.45, 2.75) is 6.04 Å². The molecule has 1 heterocycles. The van der Waals surface area contributed by atoms with Crippen LogP contribution in [0.1, 0.15) is 17.2 Å². The van der Waals surface area contributed by atoms with Crippen LogP contribution in [0.3, 0.4) is 0 Å². The van der Waals surface area contributed by atoms with Crippen LogP contribution < -0.4 is 0 Å². The highest BCUT2D eigenvalue weighted by Crippen LogP contribution is 2.41. The number of hydrogen-bond acceptors (Lipinski definition) is 3. The van der Waals surface area contributed by atoms with Gasteiger partial charge in [0.1, 0.15) is 17.3 Å². The monoisotopic (exact) mass is 470 g/mol. The molecule has 5 heteroatoms. The number of aromatic nitrogens is 2. The maximum Gasteiger partial charge on any atom is 0.145 e. The topological polar surface area (TPSA) is 58.3 Å². The van der Waals surface area contributed by atoms with Crippen LogP contribution in [0.25, 0.3) is 22.4 Å². The van der Waals surface area contributed by atoms with Crippen LogP contribution in [-0.4, -0.2) is 19.8 Å². The van der Waals surface area contributed by atoms with E-state index in [1.54, 1.807) is 18.2 Å². The summed E-state index contributed by atoms with van der Waals surface area (Å²) in [5.74, 6) is 0.981. The summed E-state index contributed by atoms with van der Waals surface area (Å²) in [4.78, 5) is 4.88. The molecular weight excluding hydrogens is 452 g/mol. The van der Waals surface area contributed by atoms with Crippen LogP contribution in [0.4, 0.5) is 0 Å². The molecule has 0 saturated heterocycles. The van der Waals surface area contributed by atoms with E-state index in [-0.39, 0.29) is 17.5 Å². The zero-order chi connectivity index (χ0) is 21.4. The predicted octanol–water partition coefficient (Wildman–Crippen LogP) is 6.51. The molecule has 0 bridgehead atoms. The molecule has 5 rings (SSSR count). The molecule has 0 fully saturated rings. The molecule has 5 aromatic rings. The van der Waals surface area contributed by atoms with Crippen LogP contribution in [0.15, 0.2) is 102 Å². The minimum Gasteiger partial charge on any atom is -0.508 e. The lowest BCUT2D eigenvalue weighted by Gasteiger charge is -2.24. The standard InChI is InChI=1S/C26H19BrN2O2/c27-18-14-15-24(31)20(16-18)25(17-8-2-1-3-9-17)29-22-12-6-5-11-21(22)28-26(29)19-10-4-7-13-23(19)30/h1-16,25,30-31H. The van der Waals surface area contributed by atoms with Crippen molar-refractivity contribution in [3.8, 4) is 22.9 Å². The van der Waals surface area contributed by atoms with Crippen molar-refractivity contribution in [2.24, 2.45) is 0 Å². The van der Waals surface area contributed by atoms with Gasteiger partial charge in [0.15, 0.2) is 0 Å². The summed E-state index contributed by atoms with van der Waals surface area (Å²) in [7, 11) is 0. The van der Waals surface area contributed by atoms with Crippen molar-refractivity contribution in [1.29, 1.82) is 0 Å². The molecule has 0 amide bonds. The third-order valence-electron chi connectivity index (χ3n) is 5.40. The Morgan fingerprint density at radius 3 is 2.26 bits per heavy atom. The van der Waals surface area contributed by atoms with Crippen LogP contribution in [0.2, 0.25) is 0 Å². The molecular formula is C26H19BrN2O2. The molecule has 4 aromatic carbocycles. The number of fused-ring (bicyclic) bond motifs is 1. The van der Waals surface area contributed by atoms with Gasteiger partial charge in [0.05, 0.1) is 22.6 Å². The number of nitrogens with zero attached hydrogens (tertiary/aromatic N) is 2. The van der Waals surface area contributed by atoms with Gasteiger partial charge in [0.25, 0.3) is 0 Å². The van der Waals surface area contributed by atoms with Crippen molar-refractivity contribution in [1.82, 2.24) is 9.55 Å². The maximum absolute atomic E-state index is 10.8. The van der Waals surface area contributed by atoms with E-state index in [1.165, 1.54) is 0 Å². The van der Waals surface area contributed by atoms with Gasteiger partial charge in [-0.2, -0.15) is 0 Å². The molecule has 0 radical (unpaired) electrons. The van der Waals surface area contributed by atoms with Gasteiger partial charge >= 0.3 is 0 Å². The normalized spacial score (nSPS) is 12.2. The van der Waals surface area contributed by atoms with Crippen molar-refractivity contribution in [2.75, 3.05) is 0 Å². The van der Waals surface area contributed by atoms with E-state index in [4.69, 9.17) is 4.98 Å². The largest absolute Gasteiger partial charge is 0.508 e. The first-order valence-electron chi connectivity index (χ1n) is 9.92. The van der Waals surface area contributed by atoms with Gasteiger partial charge in [-0.15, -0.1) is 0 Å². The summed E-state index contributed by atoms with van der Waals surface area (Å²) in [6.07, 6.45) is 0. The SMILES string of the molecule is Oc1ccccc1-c1nc2ccccc2n1C(c1ccccc1)c1cc(Br)ccc1O. The molecule has 0 aliphatic rings. The average molecular weight is 471 g/mol. The first-order chi connectivity index (χ1) is 15.1. The van der Waals surface area contributed by atoms with E-state index in [9.17, 15) is 10.2 Å². The van der Waals surface area contributed by atoms with Gasteiger partial charge in [-0.1, -0.05) is 70.5 Å². The summed E-state index contributed by atoms with van der Waals surface area (Å²) in [5, 5.41) is 21.5. The summed E-state index contributed by atoms with van der Waals surface area (Å²) < 4.78 is 2.95. The minimum atomic E-state index is -0.360. The van der Waals surface area contributed by atoms with E-state index in [2.05, 4.69) is 20.5 Å². The Hall–Kier alpha value is -3.57. The first kappa shape index (κ1) is 19.4. The van der Waals surface area contributed by atoms with Gasteiger partial charge in [-0.3, -0.25) is 0 Å². The predicted molar refractivity (Wildman–Crippen MR) is 126 cm³/mol. The lowest BCUT2D eigenvalue weighted by atomic mass is 9.96. The van der Waals surface area contributed by atoms with Crippen LogP contribution in [-0.2, 0) is 0 Å². The Morgan fingerprint density at radius 1 is 0.742 bits per heavy atom. The lowest BCUT2D eigenvalue weighted by molar-refractivity contribution is 0.461. The molecule has 2 N–H and O–H groups in total. The number of phenolic OH excluding ortho intramolecular Hbond substituents is 2. The summed E-state index contributed by atoms with van der Waals surface area (Å²) in [6.45, 7) is 0. The minimum absolute atomic E-state index is 0.157. The number of hydrogen-bond donors (Lipinski definition) is 2. The quantitative estimate of drug-likeness (QED) is 0.314. The van der Waals surface area contributed by atoms with Crippen molar-refractivity contribution in [3.63, 3.8) is 0 Å². The molecule has 0 spiro atoms. The molecule has 1 unspecified atom stereocenters. The highest BCUT2D eigenvalue weighted by atomic mass is 79.9. The zero-order valence-corrected chi connectivity index (χ0v) is 18.1. The first-order valence-corrected chi connectivity index (χ1v) is 10.7. The molecule has 0 aliphatic carbocycles. The highest BCUT2D eigenvalue weighted by Gasteiger charge is 2.26. The van der Waals surface area contributed by atoms with Gasteiger partial charge in [-0.25, -0.2) is 4.98 Å². The van der Waals surface area contributed by atoms with Crippen molar-refractivity contribution < 1.29 is 10.2 Å². The Balaban J connectivity index is 1.89. The average Bonchev–Trinajstić information content (AvgIpc) is 3.16. The van der Waals surface area contributed by atoms with Crippen LogP contribution in [0, 0.1) is 0 Å². The van der Waals surface area contributed by atoms with Gasteiger partial charge in [-0.05, 0) is 48.0 Å². The molecule has 0 aliphatic heterocycles. The Bertz CT molecular complexity index is 1380. The van der Waals surface area contributed by atoms with E-state index >= 15 is 0 Å². The lowest BCUT2D eigenvalue weighted by Crippen LogP contribution is -2.14. The smallest absolute Gasteiger partial charge is 0.145 e. The molecule has 1 aromatic heterocycles. The number of aromatic hydroxyl groups is 2. The zero-order valence-electron chi connectivity index (χ0n) is 16.5.